The van der Waals surface area contributed by atoms with Crippen molar-refractivity contribution in [2.45, 2.75) is 463 Å². The summed E-state index contributed by atoms with van der Waals surface area (Å²) in [6.07, 6.45) is 90.0. The summed E-state index contributed by atoms with van der Waals surface area (Å²) in [6, 6.07) is 0. The summed E-state index contributed by atoms with van der Waals surface area (Å²) in [5, 5.41) is 20.5. The van der Waals surface area contributed by atoms with Crippen molar-refractivity contribution in [3.63, 3.8) is 0 Å². The highest BCUT2D eigenvalue weighted by Crippen LogP contribution is 2.24. The predicted molar refractivity (Wildman–Crippen MR) is 357 cm³/mol. The van der Waals surface area contributed by atoms with Crippen molar-refractivity contribution >= 4 is 11.8 Å². The van der Waals surface area contributed by atoms with Crippen LogP contribution in [0.25, 0.3) is 0 Å². The third-order valence-corrected chi connectivity index (χ3v) is 18.9. The number of carboxylic acid groups (broad SMARTS) is 1. The molecular weight excluding hydrogens is 977 g/mol. The molecule has 0 heterocycles. The first-order valence-electron chi connectivity index (χ1n) is 37.9. The highest BCUT2D eigenvalue weighted by Gasteiger charge is 2.25. The summed E-state index contributed by atoms with van der Waals surface area (Å²) < 4.78 is 0. The van der Waals surface area contributed by atoms with E-state index in [0.717, 1.165) is 44.9 Å². The lowest BCUT2D eigenvalue weighted by Crippen LogP contribution is -2.28. The van der Waals surface area contributed by atoms with Gasteiger partial charge in [-0.2, -0.15) is 0 Å². The average molecular weight is 1130 g/mol. The van der Waals surface area contributed by atoms with Gasteiger partial charge in [0.05, 0.1) is 12.0 Å². The predicted octanol–water partition coefficient (Wildman–Crippen LogP) is 26.8. The van der Waals surface area contributed by atoms with E-state index < -0.39 is 18.0 Å². The van der Waals surface area contributed by atoms with Crippen LogP contribution in [0, 0.1) is 11.8 Å². The van der Waals surface area contributed by atoms with Gasteiger partial charge < -0.3 is 10.2 Å². The van der Waals surface area contributed by atoms with Gasteiger partial charge in [-0.3, -0.25) is 9.59 Å². The van der Waals surface area contributed by atoms with Crippen LogP contribution in [-0.4, -0.2) is 28.1 Å². The Kier molecular flexibility index (Phi) is 68.1. The van der Waals surface area contributed by atoms with Gasteiger partial charge in [-0.15, -0.1) is 0 Å². The van der Waals surface area contributed by atoms with Gasteiger partial charge in [0.1, 0.15) is 5.78 Å². The maximum absolute atomic E-state index is 12.7. The summed E-state index contributed by atoms with van der Waals surface area (Å²) in [5.41, 5.74) is 0. The zero-order valence-corrected chi connectivity index (χ0v) is 55.5. The monoisotopic (exact) mass is 1130 g/mol. The fourth-order valence-corrected chi connectivity index (χ4v) is 13.0. The van der Waals surface area contributed by atoms with E-state index in [1.54, 1.807) is 0 Å². The fraction of sp³-hybridized carbons (Fsp3) is 0.974. The zero-order chi connectivity index (χ0) is 58.0. The molecule has 0 fully saturated rings. The van der Waals surface area contributed by atoms with E-state index in [-0.39, 0.29) is 5.92 Å². The number of unbranched alkanes of at least 4 members (excludes halogenated alkanes) is 61. The van der Waals surface area contributed by atoms with Crippen LogP contribution in [0.1, 0.15) is 457 Å². The number of aliphatic hydroxyl groups is 1. The molecule has 0 rings (SSSR count). The van der Waals surface area contributed by atoms with E-state index in [2.05, 4.69) is 20.8 Å². The molecule has 0 aromatic rings. The Morgan fingerprint density at radius 2 is 0.425 bits per heavy atom. The maximum Gasteiger partial charge on any atom is 0.309 e. The standard InChI is InChI=1S/C76H150O4/c1-4-6-8-10-12-14-16-18-20-22-23-24-31-34-37-41-45-49-53-57-61-65-69-73(76(79)80)75(78)71-67-63-59-55-51-47-43-39-36-33-30-28-26-25-27-29-32-35-38-42-46-50-54-58-62-66-70-74(77)72(3)68-64-60-56-52-48-44-40-21-19-17-15-13-11-9-7-5-2/h72-73,75,78H,4-71H2,1-3H3,(H,79,80). The molecule has 3 atom stereocenters. The Hall–Kier alpha value is -0.900. The molecule has 0 aromatic heterocycles. The normalized spacial score (nSPS) is 12.9. The smallest absolute Gasteiger partial charge is 0.309 e. The highest BCUT2D eigenvalue weighted by molar-refractivity contribution is 5.80. The van der Waals surface area contributed by atoms with Gasteiger partial charge in [0.15, 0.2) is 0 Å². The van der Waals surface area contributed by atoms with Gasteiger partial charge in [0, 0.05) is 12.3 Å². The van der Waals surface area contributed by atoms with Crippen LogP contribution < -0.4 is 0 Å². The second-order valence-corrected chi connectivity index (χ2v) is 26.9. The van der Waals surface area contributed by atoms with Crippen LogP contribution in [0.5, 0.6) is 0 Å². The molecule has 4 nitrogen and oxygen atoms in total. The minimum atomic E-state index is -0.803. The number of rotatable bonds is 72. The van der Waals surface area contributed by atoms with E-state index in [1.165, 1.54) is 379 Å². The third kappa shape index (κ3) is 63.1. The van der Waals surface area contributed by atoms with E-state index in [0.29, 0.717) is 18.6 Å². The molecule has 0 saturated carbocycles. The van der Waals surface area contributed by atoms with Crippen LogP contribution in [0.15, 0.2) is 0 Å². The fourth-order valence-electron chi connectivity index (χ4n) is 13.0. The number of ketones is 1. The SMILES string of the molecule is CCCCCCCCCCCCCCCCCCCCCCCCC(C(=O)O)C(O)CCCCCCCCCCCCCCCCCCCCCCCCCCCCC(=O)C(C)CCCCCCCCCCCCCCCCCC. The van der Waals surface area contributed by atoms with Crippen LogP contribution in [-0.2, 0) is 9.59 Å². The molecule has 0 aliphatic heterocycles. The number of hydrogen-bond acceptors (Lipinski definition) is 3. The minimum Gasteiger partial charge on any atom is -0.481 e. The van der Waals surface area contributed by atoms with E-state index in [4.69, 9.17) is 0 Å². The third-order valence-electron chi connectivity index (χ3n) is 18.9. The lowest BCUT2D eigenvalue weighted by atomic mass is 9.91. The molecule has 0 bridgehead atoms. The molecule has 0 aromatic carbocycles. The van der Waals surface area contributed by atoms with Gasteiger partial charge in [0.25, 0.3) is 0 Å². The molecule has 0 aliphatic rings. The molecule has 0 saturated heterocycles. The van der Waals surface area contributed by atoms with Crippen LogP contribution in [0.2, 0.25) is 0 Å². The van der Waals surface area contributed by atoms with E-state index in [9.17, 15) is 19.8 Å². The topological polar surface area (TPSA) is 74.6 Å². The van der Waals surface area contributed by atoms with E-state index >= 15 is 0 Å². The minimum absolute atomic E-state index is 0.277. The summed E-state index contributed by atoms with van der Waals surface area (Å²) in [5.74, 6) is -0.586. The molecule has 0 amide bonds. The summed E-state index contributed by atoms with van der Waals surface area (Å²) in [4.78, 5) is 24.6. The van der Waals surface area contributed by atoms with Crippen LogP contribution >= 0.6 is 0 Å². The van der Waals surface area contributed by atoms with Crippen molar-refractivity contribution in [3.8, 4) is 0 Å². The number of aliphatic hydroxyl groups excluding tert-OH is 1. The molecular formula is C76H150O4. The first-order valence-corrected chi connectivity index (χ1v) is 37.9. The summed E-state index contributed by atoms with van der Waals surface area (Å²) >= 11 is 0. The van der Waals surface area contributed by atoms with Crippen molar-refractivity contribution < 1.29 is 19.8 Å². The number of aliphatic carboxylic acids is 1. The van der Waals surface area contributed by atoms with E-state index in [1.807, 2.05) is 0 Å². The highest BCUT2D eigenvalue weighted by atomic mass is 16.4. The Morgan fingerprint density at radius 3 is 0.637 bits per heavy atom. The largest absolute Gasteiger partial charge is 0.481 e. The van der Waals surface area contributed by atoms with Crippen molar-refractivity contribution in [1.82, 2.24) is 0 Å². The Bertz CT molecular complexity index is 1170. The first-order chi connectivity index (χ1) is 39.4. The molecule has 0 radical (unpaired) electrons. The van der Waals surface area contributed by atoms with Crippen molar-refractivity contribution in [2.75, 3.05) is 0 Å². The Morgan fingerprint density at radius 1 is 0.250 bits per heavy atom. The maximum atomic E-state index is 12.7. The number of Topliss-reactive ketones (excluding diaryl/α,β-unsaturated/α-hetero) is 1. The summed E-state index contributed by atoms with van der Waals surface area (Å²) in [6.45, 7) is 6.78. The van der Waals surface area contributed by atoms with Crippen molar-refractivity contribution in [1.29, 1.82) is 0 Å². The number of carbonyl (C=O) groups excluding carboxylic acids is 1. The van der Waals surface area contributed by atoms with Gasteiger partial charge >= 0.3 is 5.97 Å². The molecule has 4 heteroatoms. The second-order valence-electron chi connectivity index (χ2n) is 26.9. The Balaban J connectivity index is 3.38. The van der Waals surface area contributed by atoms with Crippen LogP contribution in [0.3, 0.4) is 0 Å². The quantitative estimate of drug-likeness (QED) is 0.0595. The van der Waals surface area contributed by atoms with Gasteiger partial charge in [0.2, 0.25) is 0 Å². The van der Waals surface area contributed by atoms with Crippen molar-refractivity contribution in [2.24, 2.45) is 11.8 Å². The summed E-state index contributed by atoms with van der Waals surface area (Å²) in [7, 11) is 0. The molecule has 2 N–H and O–H groups in total. The lowest BCUT2D eigenvalue weighted by Gasteiger charge is -2.19. The van der Waals surface area contributed by atoms with Crippen molar-refractivity contribution in [3.05, 3.63) is 0 Å². The molecule has 3 unspecified atom stereocenters. The molecule has 0 aliphatic carbocycles. The molecule has 478 valence electrons. The van der Waals surface area contributed by atoms with Gasteiger partial charge in [-0.05, 0) is 25.7 Å². The van der Waals surface area contributed by atoms with Crippen LogP contribution in [0.4, 0.5) is 0 Å². The molecule has 80 heavy (non-hydrogen) atoms. The number of hydrogen-bond donors (Lipinski definition) is 2. The van der Waals surface area contributed by atoms with Gasteiger partial charge in [-0.25, -0.2) is 0 Å². The lowest BCUT2D eigenvalue weighted by molar-refractivity contribution is -0.146. The first kappa shape index (κ1) is 79.1. The van der Waals surface area contributed by atoms with Gasteiger partial charge in [-0.1, -0.05) is 425 Å². The average Bonchev–Trinajstić information content (AvgIpc) is 3.45. The Labute approximate surface area is 504 Å². The number of carboxylic acids is 1. The zero-order valence-electron chi connectivity index (χ0n) is 55.5. The number of carbonyl (C=O) groups is 2. The second kappa shape index (κ2) is 68.9. The molecule has 0 spiro atoms.